The van der Waals surface area contributed by atoms with Gasteiger partial charge in [0.05, 0.1) is 16.6 Å². The van der Waals surface area contributed by atoms with Crippen LogP contribution in [0.25, 0.3) is 11.4 Å². The first-order valence-electron chi connectivity index (χ1n) is 6.35. The maximum absolute atomic E-state index is 6.27. The van der Waals surface area contributed by atoms with Gasteiger partial charge in [-0.25, -0.2) is 4.98 Å². The minimum Gasteiger partial charge on any atom is -0.327 e. The second-order valence-electron chi connectivity index (χ2n) is 4.60. The molecule has 0 aliphatic rings. The molecule has 0 radical (unpaired) electrons. The van der Waals surface area contributed by atoms with E-state index in [1.807, 2.05) is 24.4 Å². The third-order valence-electron chi connectivity index (χ3n) is 3.17. The van der Waals surface area contributed by atoms with Crippen molar-refractivity contribution >= 4 is 45.8 Å². The van der Waals surface area contributed by atoms with Crippen LogP contribution in [0.1, 0.15) is 5.56 Å². The number of benzene rings is 2. The van der Waals surface area contributed by atoms with Crippen molar-refractivity contribution in [1.82, 2.24) is 9.55 Å². The molecule has 1 aromatic heterocycles. The summed E-state index contributed by atoms with van der Waals surface area (Å²) >= 11 is 14.6. The lowest BCUT2D eigenvalue weighted by atomic mass is 10.2. The summed E-state index contributed by atoms with van der Waals surface area (Å²) in [7, 11) is 0. The number of rotatable bonds is 3. The fourth-order valence-electron chi connectivity index (χ4n) is 2.18. The second-order valence-corrected chi connectivity index (χ2v) is 6.63. The summed E-state index contributed by atoms with van der Waals surface area (Å²) in [5.74, 6) is 0.921. The number of aromatic nitrogens is 2. The third-order valence-corrected chi connectivity index (χ3v) is 4.70. The molecule has 106 valence electrons. The van der Waals surface area contributed by atoms with Crippen molar-refractivity contribution in [3.63, 3.8) is 0 Å². The standard InChI is InChI=1S/C16H11Cl2IN2/c17-14-6-2-4-12(15(14)18)10-21-8-7-20-16(21)11-3-1-5-13(19)9-11/h1-9H,10H2. The van der Waals surface area contributed by atoms with Gasteiger partial charge in [0.25, 0.3) is 0 Å². The first-order chi connectivity index (χ1) is 10.1. The molecule has 0 unspecified atom stereocenters. The lowest BCUT2D eigenvalue weighted by molar-refractivity contribution is 0.807. The third kappa shape index (κ3) is 3.25. The Labute approximate surface area is 146 Å². The van der Waals surface area contributed by atoms with E-state index in [4.69, 9.17) is 23.2 Å². The average Bonchev–Trinajstić information content (AvgIpc) is 2.92. The summed E-state index contributed by atoms with van der Waals surface area (Å²) < 4.78 is 3.25. The van der Waals surface area contributed by atoms with Gasteiger partial charge in [-0.2, -0.15) is 0 Å². The zero-order valence-corrected chi connectivity index (χ0v) is 14.6. The summed E-state index contributed by atoms with van der Waals surface area (Å²) in [6, 6.07) is 13.9. The van der Waals surface area contributed by atoms with Crippen LogP contribution in [0.5, 0.6) is 0 Å². The number of nitrogens with zero attached hydrogens (tertiary/aromatic N) is 2. The minimum absolute atomic E-state index is 0.574. The normalized spacial score (nSPS) is 10.8. The first kappa shape index (κ1) is 14.9. The van der Waals surface area contributed by atoms with Crippen molar-refractivity contribution in [3.8, 4) is 11.4 Å². The predicted molar refractivity (Wildman–Crippen MR) is 95.9 cm³/mol. The second kappa shape index (κ2) is 6.38. The van der Waals surface area contributed by atoms with Gasteiger partial charge in [-0.05, 0) is 46.4 Å². The molecule has 2 aromatic carbocycles. The van der Waals surface area contributed by atoms with E-state index < -0.39 is 0 Å². The van der Waals surface area contributed by atoms with Crippen molar-refractivity contribution in [1.29, 1.82) is 0 Å². The summed E-state index contributed by atoms with van der Waals surface area (Å²) in [6.07, 6.45) is 3.75. The molecule has 0 aliphatic carbocycles. The van der Waals surface area contributed by atoms with Gasteiger partial charge in [0.1, 0.15) is 5.82 Å². The van der Waals surface area contributed by atoms with Gasteiger partial charge in [-0.15, -0.1) is 0 Å². The number of imidazole rings is 1. The highest BCUT2D eigenvalue weighted by atomic mass is 127. The molecule has 21 heavy (non-hydrogen) atoms. The van der Waals surface area contributed by atoms with Crippen LogP contribution in [0.3, 0.4) is 0 Å². The SMILES string of the molecule is Clc1cccc(Cn2ccnc2-c2cccc(I)c2)c1Cl. The van der Waals surface area contributed by atoms with Crippen LogP contribution in [0.15, 0.2) is 54.9 Å². The topological polar surface area (TPSA) is 17.8 Å². The van der Waals surface area contributed by atoms with Gasteiger partial charge < -0.3 is 4.57 Å². The zero-order chi connectivity index (χ0) is 14.8. The Morgan fingerprint density at radius 3 is 2.71 bits per heavy atom. The Morgan fingerprint density at radius 1 is 1.10 bits per heavy atom. The quantitative estimate of drug-likeness (QED) is 0.503. The van der Waals surface area contributed by atoms with E-state index in [-0.39, 0.29) is 0 Å². The molecule has 0 amide bonds. The van der Waals surface area contributed by atoms with Crippen LogP contribution in [0, 0.1) is 3.57 Å². The Balaban J connectivity index is 1.98. The van der Waals surface area contributed by atoms with E-state index in [9.17, 15) is 0 Å². The molecule has 0 aliphatic heterocycles. The van der Waals surface area contributed by atoms with Crippen LogP contribution in [0.4, 0.5) is 0 Å². The molecule has 5 heteroatoms. The van der Waals surface area contributed by atoms with E-state index in [0.29, 0.717) is 16.6 Å². The van der Waals surface area contributed by atoms with Crippen molar-refractivity contribution < 1.29 is 0 Å². The Morgan fingerprint density at radius 2 is 1.90 bits per heavy atom. The molecule has 0 spiro atoms. The van der Waals surface area contributed by atoms with Crippen LogP contribution < -0.4 is 0 Å². The highest BCUT2D eigenvalue weighted by Crippen LogP contribution is 2.27. The number of hydrogen-bond donors (Lipinski definition) is 0. The van der Waals surface area contributed by atoms with Gasteiger partial charge >= 0.3 is 0 Å². The Kier molecular flexibility index (Phi) is 4.52. The lowest BCUT2D eigenvalue weighted by Crippen LogP contribution is -2.02. The molecular formula is C16H11Cl2IN2. The van der Waals surface area contributed by atoms with E-state index in [2.05, 4.69) is 50.3 Å². The molecule has 0 atom stereocenters. The molecule has 0 N–H and O–H groups in total. The lowest BCUT2D eigenvalue weighted by Gasteiger charge is -2.10. The van der Waals surface area contributed by atoms with Crippen molar-refractivity contribution in [3.05, 3.63) is 74.0 Å². The van der Waals surface area contributed by atoms with Crippen molar-refractivity contribution in [2.45, 2.75) is 6.54 Å². The smallest absolute Gasteiger partial charge is 0.140 e. The monoisotopic (exact) mass is 428 g/mol. The molecule has 2 nitrogen and oxygen atoms in total. The van der Waals surface area contributed by atoms with Crippen LogP contribution in [0.2, 0.25) is 10.0 Å². The van der Waals surface area contributed by atoms with Gasteiger partial charge in [-0.1, -0.05) is 47.5 Å². The van der Waals surface area contributed by atoms with E-state index in [1.165, 1.54) is 3.57 Å². The highest BCUT2D eigenvalue weighted by Gasteiger charge is 2.10. The summed E-state index contributed by atoms with van der Waals surface area (Å²) in [5, 5.41) is 1.17. The van der Waals surface area contributed by atoms with Crippen molar-refractivity contribution in [2.24, 2.45) is 0 Å². The maximum atomic E-state index is 6.27. The average molecular weight is 429 g/mol. The summed E-state index contributed by atoms with van der Waals surface area (Å²) in [6.45, 7) is 0.639. The minimum atomic E-state index is 0.574. The maximum Gasteiger partial charge on any atom is 0.140 e. The number of hydrogen-bond acceptors (Lipinski definition) is 1. The number of halogens is 3. The van der Waals surface area contributed by atoms with Crippen molar-refractivity contribution in [2.75, 3.05) is 0 Å². The first-order valence-corrected chi connectivity index (χ1v) is 8.18. The molecule has 0 saturated carbocycles. The molecule has 0 bridgehead atoms. The largest absolute Gasteiger partial charge is 0.327 e. The molecule has 0 fully saturated rings. The Hall–Kier alpha value is -1.04. The molecule has 0 saturated heterocycles. The van der Waals surface area contributed by atoms with E-state index in [0.717, 1.165) is 17.0 Å². The van der Waals surface area contributed by atoms with E-state index in [1.54, 1.807) is 12.3 Å². The van der Waals surface area contributed by atoms with Crippen LogP contribution in [-0.2, 0) is 6.54 Å². The summed E-state index contributed by atoms with van der Waals surface area (Å²) in [5.41, 5.74) is 2.07. The fourth-order valence-corrected chi connectivity index (χ4v) is 3.10. The van der Waals surface area contributed by atoms with Gasteiger partial charge in [0, 0.05) is 21.5 Å². The van der Waals surface area contributed by atoms with Crippen LogP contribution in [-0.4, -0.2) is 9.55 Å². The van der Waals surface area contributed by atoms with E-state index >= 15 is 0 Å². The molecular weight excluding hydrogens is 418 g/mol. The fraction of sp³-hybridized carbons (Fsp3) is 0.0625. The van der Waals surface area contributed by atoms with Crippen LogP contribution >= 0.6 is 45.8 Å². The molecule has 3 rings (SSSR count). The summed E-state index contributed by atoms with van der Waals surface area (Å²) in [4.78, 5) is 4.46. The van der Waals surface area contributed by atoms with Gasteiger partial charge in [0.2, 0.25) is 0 Å². The zero-order valence-electron chi connectivity index (χ0n) is 10.9. The Bertz CT molecular complexity index is 783. The molecule has 3 aromatic rings. The predicted octanol–water partition coefficient (Wildman–Crippen LogP) is 5.51. The highest BCUT2D eigenvalue weighted by molar-refractivity contribution is 14.1. The van der Waals surface area contributed by atoms with Gasteiger partial charge in [-0.3, -0.25) is 0 Å². The van der Waals surface area contributed by atoms with Gasteiger partial charge in [0.15, 0.2) is 0 Å². The molecule has 1 heterocycles.